The molecule has 4 rings (SSSR count). The SMILES string of the molecule is CC(C)Oc1ccc(-c2nc3cc(C#N)ccc3n2Cc2ccccc2Cl)cc1. The highest BCUT2D eigenvalue weighted by molar-refractivity contribution is 6.31. The van der Waals surface area contributed by atoms with Crippen LogP contribution < -0.4 is 4.74 Å². The molecule has 0 unspecified atom stereocenters. The van der Waals surface area contributed by atoms with Crippen LogP contribution in [0.15, 0.2) is 66.7 Å². The highest BCUT2D eigenvalue weighted by Gasteiger charge is 2.15. The molecule has 3 aromatic carbocycles. The molecule has 0 aliphatic carbocycles. The van der Waals surface area contributed by atoms with E-state index in [0.717, 1.165) is 38.8 Å². The van der Waals surface area contributed by atoms with Gasteiger partial charge in [-0.2, -0.15) is 5.26 Å². The van der Waals surface area contributed by atoms with Gasteiger partial charge >= 0.3 is 0 Å². The summed E-state index contributed by atoms with van der Waals surface area (Å²) in [6.07, 6.45) is 0.120. The van der Waals surface area contributed by atoms with Crippen molar-refractivity contribution in [3.8, 4) is 23.2 Å². The van der Waals surface area contributed by atoms with Crippen molar-refractivity contribution >= 4 is 22.6 Å². The normalized spacial score (nSPS) is 11.0. The minimum Gasteiger partial charge on any atom is -0.491 e. The minimum atomic E-state index is 0.120. The Balaban J connectivity index is 1.83. The maximum absolute atomic E-state index is 9.25. The van der Waals surface area contributed by atoms with Crippen molar-refractivity contribution in [1.29, 1.82) is 5.26 Å². The van der Waals surface area contributed by atoms with Gasteiger partial charge in [0.05, 0.1) is 35.3 Å². The minimum absolute atomic E-state index is 0.120. The molecule has 29 heavy (non-hydrogen) atoms. The number of aromatic nitrogens is 2. The molecule has 0 atom stereocenters. The van der Waals surface area contributed by atoms with E-state index in [-0.39, 0.29) is 6.10 Å². The zero-order chi connectivity index (χ0) is 20.4. The molecule has 144 valence electrons. The van der Waals surface area contributed by atoms with Crippen molar-refractivity contribution in [2.75, 3.05) is 0 Å². The van der Waals surface area contributed by atoms with Gasteiger partial charge in [0.15, 0.2) is 0 Å². The zero-order valence-electron chi connectivity index (χ0n) is 16.3. The maximum atomic E-state index is 9.25. The lowest BCUT2D eigenvalue weighted by molar-refractivity contribution is 0.242. The number of halogens is 1. The second-order valence-electron chi connectivity index (χ2n) is 7.12. The summed E-state index contributed by atoms with van der Waals surface area (Å²) in [6, 6.07) is 23.5. The zero-order valence-corrected chi connectivity index (χ0v) is 17.0. The summed E-state index contributed by atoms with van der Waals surface area (Å²) in [6.45, 7) is 4.59. The first-order valence-electron chi connectivity index (χ1n) is 9.46. The van der Waals surface area contributed by atoms with Crippen LogP contribution in [0.3, 0.4) is 0 Å². The molecule has 1 aromatic heterocycles. The van der Waals surface area contributed by atoms with Gasteiger partial charge in [0.1, 0.15) is 11.6 Å². The lowest BCUT2D eigenvalue weighted by Crippen LogP contribution is -2.05. The average molecular weight is 402 g/mol. The predicted octanol–water partition coefficient (Wildman–Crippen LogP) is 6.06. The molecule has 0 aliphatic rings. The van der Waals surface area contributed by atoms with Gasteiger partial charge in [-0.3, -0.25) is 0 Å². The van der Waals surface area contributed by atoms with E-state index in [4.69, 9.17) is 21.3 Å². The van der Waals surface area contributed by atoms with Gasteiger partial charge in [-0.25, -0.2) is 4.98 Å². The second-order valence-corrected chi connectivity index (χ2v) is 7.53. The first-order chi connectivity index (χ1) is 14.0. The molecule has 0 saturated carbocycles. The van der Waals surface area contributed by atoms with Crippen LogP contribution in [0.5, 0.6) is 5.75 Å². The topological polar surface area (TPSA) is 50.8 Å². The van der Waals surface area contributed by atoms with Crippen molar-refractivity contribution in [3.63, 3.8) is 0 Å². The summed E-state index contributed by atoms with van der Waals surface area (Å²) >= 11 is 6.41. The average Bonchev–Trinajstić information content (AvgIpc) is 3.07. The van der Waals surface area contributed by atoms with E-state index in [0.29, 0.717) is 12.1 Å². The van der Waals surface area contributed by atoms with Gasteiger partial charge in [0.2, 0.25) is 0 Å². The van der Waals surface area contributed by atoms with E-state index >= 15 is 0 Å². The van der Waals surface area contributed by atoms with Crippen molar-refractivity contribution in [2.45, 2.75) is 26.5 Å². The number of hydrogen-bond donors (Lipinski definition) is 0. The monoisotopic (exact) mass is 401 g/mol. The Morgan fingerprint density at radius 2 is 1.83 bits per heavy atom. The molecule has 0 amide bonds. The quantitative estimate of drug-likeness (QED) is 0.408. The molecular weight excluding hydrogens is 382 g/mol. The number of ether oxygens (including phenoxy) is 1. The Hall–Kier alpha value is -3.29. The van der Waals surface area contributed by atoms with Gasteiger partial charge in [-0.05, 0) is 67.9 Å². The number of fused-ring (bicyclic) bond motifs is 1. The van der Waals surface area contributed by atoms with Crippen LogP contribution in [0, 0.1) is 11.3 Å². The van der Waals surface area contributed by atoms with Gasteiger partial charge in [0, 0.05) is 10.6 Å². The number of nitriles is 1. The fraction of sp³-hybridized carbons (Fsp3) is 0.167. The number of nitrogens with zero attached hydrogens (tertiary/aromatic N) is 3. The summed E-state index contributed by atoms with van der Waals surface area (Å²) in [4.78, 5) is 4.84. The highest BCUT2D eigenvalue weighted by atomic mass is 35.5. The van der Waals surface area contributed by atoms with Crippen LogP contribution in [0.2, 0.25) is 5.02 Å². The molecule has 0 bridgehead atoms. The molecule has 0 fully saturated rings. The van der Waals surface area contributed by atoms with Crippen LogP contribution in [0.25, 0.3) is 22.4 Å². The summed E-state index contributed by atoms with van der Waals surface area (Å²) in [5.41, 5.74) is 4.32. The smallest absolute Gasteiger partial charge is 0.141 e. The second kappa shape index (κ2) is 7.98. The van der Waals surface area contributed by atoms with Crippen LogP contribution in [-0.4, -0.2) is 15.7 Å². The van der Waals surface area contributed by atoms with Crippen molar-refractivity contribution in [2.24, 2.45) is 0 Å². The number of imidazole rings is 1. The summed E-state index contributed by atoms with van der Waals surface area (Å²) < 4.78 is 7.89. The van der Waals surface area contributed by atoms with E-state index in [9.17, 15) is 5.26 Å². The Kier molecular flexibility index (Phi) is 5.24. The molecule has 0 radical (unpaired) electrons. The third-order valence-electron chi connectivity index (χ3n) is 4.65. The number of rotatable bonds is 5. The highest BCUT2D eigenvalue weighted by Crippen LogP contribution is 2.29. The molecule has 0 saturated heterocycles. The lowest BCUT2D eigenvalue weighted by atomic mass is 10.1. The van der Waals surface area contributed by atoms with E-state index < -0.39 is 0 Å². The fourth-order valence-corrected chi connectivity index (χ4v) is 3.53. The molecule has 0 aliphatic heterocycles. The number of benzene rings is 3. The predicted molar refractivity (Wildman–Crippen MR) is 116 cm³/mol. The van der Waals surface area contributed by atoms with E-state index in [1.165, 1.54) is 0 Å². The lowest BCUT2D eigenvalue weighted by Gasteiger charge is -2.12. The van der Waals surface area contributed by atoms with Gasteiger partial charge in [-0.15, -0.1) is 0 Å². The van der Waals surface area contributed by atoms with E-state index in [1.54, 1.807) is 0 Å². The van der Waals surface area contributed by atoms with Gasteiger partial charge in [-0.1, -0.05) is 29.8 Å². The van der Waals surface area contributed by atoms with Crippen LogP contribution in [-0.2, 0) is 6.54 Å². The maximum Gasteiger partial charge on any atom is 0.141 e. The fourth-order valence-electron chi connectivity index (χ4n) is 3.33. The standard InChI is InChI=1S/C24H20ClN3O/c1-16(2)29-20-10-8-18(9-11-20)24-27-22-13-17(14-26)7-12-23(22)28(24)15-19-5-3-4-6-21(19)25/h3-13,16H,15H2,1-2H3. The molecule has 4 nitrogen and oxygen atoms in total. The van der Waals surface area contributed by atoms with Crippen molar-refractivity contribution < 1.29 is 4.74 Å². The van der Waals surface area contributed by atoms with Gasteiger partial charge in [0.25, 0.3) is 0 Å². The molecule has 4 aromatic rings. The third kappa shape index (κ3) is 3.96. The van der Waals surface area contributed by atoms with Crippen molar-refractivity contribution in [1.82, 2.24) is 9.55 Å². The number of hydrogen-bond acceptors (Lipinski definition) is 3. The Morgan fingerprint density at radius 1 is 1.07 bits per heavy atom. The van der Waals surface area contributed by atoms with Crippen LogP contribution >= 0.6 is 11.6 Å². The molecular formula is C24H20ClN3O. The van der Waals surface area contributed by atoms with E-state index in [2.05, 4.69) is 10.6 Å². The Bertz CT molecular complexity index is 1200. The summed E-state index contributed by atoms with van der Waals surface area (Å²) in [5.74, 6) is 1.65. The Labute approximate surface area is 175 Å². The first-order valence-corrected chi connectivity index (χ1v) is 9.84. The van der Waals surface area contributed by atoms with Gasteiger partial charge < -0.3 is 9.30 Å². The van der Waals surface area contributed by atoms with Crippen molar-refractivity contribution in [3.05, 3.63) is 82.9 Å². The first kappa shape index (κ1) is 19.0. The van der Waals surface area contributed by atoms with E-state index in [1.807, 2.05) is 80.6 Å². The van der Waals surface area contributed by atoms with Crippen LogP contribution in [0.4, 0.5) is 0 Å². The Morgan fingerprint density at radius 3 is 2.52 bits per heavy atom. The molecule has 1 heterocycles. The third-order valence-corrected chi connectivity index (χ3v) is 5.02. The summed E-state index contributed by atoms with van der Waals surface area (Å²) in [7, 11) is 0. The molecule has 0 N–H and O–H groups in total. The van der Waals surface area contributed by atoms with Crippen LogP contribution in [0.1, 0.15) is 25.0 Å². The molecule has 5 heteroatoms. The largest absolute Gasteiger partial charge is 0.491 e. The molecule has 0 spiro atoms. The summed E-state index contributed by atoms with van der Waals surface area (Å²) in [5, 5.41) is 9.97.